The van der Waals surface area contributed by atoms with Gasteiger partial charge in [0.15, 0.2) is 11.3 Å². The van der Waals surface area contributed by atoms with Gasteiger partial charge in [-0.1, -0.05) is 12.1 Å². The Morgan fingerprint density at radius 3 is 2.38 bits per heavy atom. The molecule has 10 heteroatoms. The van der Waals surface area contributed by atoms with Crippen molar-refractivity contribution in [3.8, 4) is 28.4 Å². The third-order valence-corrected chi connectivity index (χ3v) is 5.37. The lowest BCUT2D eigenvalue weighted by Crippen LogP contribution is -2.60. The lowest BCUT2D eigenvalue weighted by Gasteiger charge is -2.39. The van der Waals surface area contributed by atoms with E-state index in [0.717, 1.165) is 0 Å². The van der Waals surface area contributed by atoms with E-state index in [4.69, 9.17) is 18.6 Å². The van der Waals surface area contributed by atoms with Crippen LogP contribution in [0.5, 0.6) is 17.2 Å². The summed E-state index contributed by atoms with van der Waals surface area (Å²) >= 11 is 0. The SMILES string of the molecule is COc1ccc(-c2coc3c(O)c(O[C@@H]4OC(CO)[C@@H](O)[C@H](O)C4O)ccc3c2=O)cc1. The summed E-state index contributed by atoms with van der Waals surface area (Å²) in [4.78, 5) is 13.0. The molecule has 0 amide bonds. The van der Waals surface area contributed by atoms with Gasteiger partial charge in [0.1, 0.15) is 36.4 Å². The summed E-state index contributed by atoms with van der Waals surface area (Å²) in [5, 5.41) is 49.8. The van der Waals surface area contributed by atoms with Gasteiger partial charge in [-0.3, -0.25) is 4.79 Å². The Morgan fingerprint density at radius 2 is 1.72 bits per heavy atom. The Balaban J connectivity index is 1.66. The monoisotopic (exact) mass is 446 g/mol. The molecule has 1 saturated heterocycles. The van der Waals surface area contributed by atoms with Crippen LogP contribution in [-0.2, 0) is 4.74 Å². The van der Waals surface area contributed by atoms with Gasteiger partial charge in [0.05, 0.1) is 24.7 Å². The maximum Gasteiger partial charge on any atom is 0.229 e. The molecule has 0 aliphatic carbocycles. The molecule has 10 nitrogen and oxygen atoms in total. The molecule has 32 heavy (non-hydrogen) atoms. The van der Waals surface area contributed by atoms with Gasteiger partial charge in [-0.2, -0.15) is 0 Å². The first-order valence-corrected chi connectivity index (χ1v) is 9.74. The molecule has 2 unspecified atom stereocenters. The van der Waals surface area contributed by atoms with Crippen molar-refractivity contribution in [2.75, 3.05) is 13.7 Å². The minimum atomic E-state index is -1.66. The van der Waals surface area contributed by atoms with E-state index >= 15 is 0 Å². The summed E-state index contributed by atoms with van der Waals surface area (Å²) < 4.78 is 21.4. The number of aromatic hydroxyl groups is 1. The van der Waals surface area contributed by atoms with Gasteiger partial charge in [-0.05, 0) is 29.8 Å². The van der Waals surface area contributed by atoms with Crippen LogP contribution >= 0.6 is 0 Å². The molecule has 2 heterocycles. The van der Waals surface area contributed by atoms with Crippen LogP contribution in [-0.4, -0.2) is 70.0 Å². The van der Waals surface area contributed by atoms with Gasteiger partial charge < -0.3 is 44.2 Å². The van der Waals surface area contributed by atoms with E-state index in [2.05, 4.69) is 0 Å². The second-order valence-corrected chi connectivity index (χ2v) is 7.31. The van der Waals surface area contributed by atoms with Crippen LogP contribution in [0.1, 0.15) is 0 Å². The van der Waals surface area contributed by atoms with Crippen molar-refractivity contribution in [1.82, 2.24) is 0 Å². The molecule has 2 aromatic carbocycles. The molecular weight excluding hydrogens is 424 g/mol. The van der Waals surface area contributed by atoms with E-state index in [1.807, 2.05) is 0 Å². The molecule has 5 atom stereocenters. The Bertz CT molecular complexity index is 1150. The van der Waals surface area contributed by atoms with Gasteiger partial charge >= 0.3 is 0 Å². The second kappa shape index (κ2) is 8.77. The van der Waals surface area contributed by atoms with Gasteiger partial charge in [-0.15, -0.1) is 0 Å². The Hall–Kier alpha value is -3.15. The zero-order valence-electron chi connectivity index (χ0n) is 16.9. The van der Waals surface area contributed by atoms with Crippen LogP contribution < -0.4 is 14.9 Å². The molecule has 0 saturated carbocycles. The topological polar surface area (TPSA) is 159 Å². The standard InChI is InChI=1S/C22H22O10/c1-29-11-4-2-10(3-5-11)13-9-30-21-12(16(13)24)6-7-14(18(21)26)31-22-20(28)19(27)17(25)15(8-23)32-22/h2-7,9,15,17,19-20,22-23,25-28H,8H2,1H3/t15?,17-,19+,20?,22-/m1/s1. The number of aliphatic hydroxyl groups is 4. The van der Waals surface area contributed by atoms with Gasteiger partial charge in [0.2, 0.25) is 17.5 Å². The third-order valence-electron chi connectivity index (χ3n) is 5.37. The molecule has 1 fully saturated rings. The number of ether oxygens (including phenoxy) is 3. The van der Waals surface area contributed by atoms with Crippen LogP contribution in [0.25, 0.3) is 22.1 Å². The molecule has 1 aliphatic heterocycles. The highest BCUT2D eigenvalue weighted by Crippen LogP contribution is 2.36. The highest BCUT2D eigenvalue weighted by Gasteiger charge is 2.45. The van der Waals surface area contributed by atoms with E-state index in [1.54, 1.807) is 24.3 Å². The quantitative estimate of drug-likeness (QED) is 0.370. The Labute approximate surface area is 181 Å². The lowest BCUT2D eigenvalue weighted by molar-refractivity contribution is -0.277. The first-order valence-electron chi connectivity index (χ1n) is 9.74. The van der Waals surface area contributed by atoms with Crippen LogP contribution in [0.15, 0.2) is 51.9 Å². The summed E-state index contributed by atoms with van der Waals surface area (Å²) in [5.41, 5.74) is 0.352. The minimum Gasteiger partial charge on any atom is -0.502 e. The van der Waals surface area contributed by atoms with E-state index in [0.29, 0.717) is 11.3 Å². The summed E-state index contributed by atoms with van der Waals surface area (Å²) in [6.45, 7) is -0.627. The van der Waals surface area contributed by atoms with Gasteiger partial charge in [0, 0.05) is 0 Å². The molecule has 1 aliphatic rings. The largest absolute Gasteiger partial charge is 0.502 e. The van der Waals surface area contributed by atoms with Crippen LogP contribution in [0, 0.1) is 0 Å². The molecule has 0 radical (unpaired) electrons. The van der Waals surface area contributed by atoms with Crippen molar-refractivity contribution in [1.29, 1.82) is 0 Å². The van der Waals surface area contributed by atoms with E-state index in [-0.39, 0.29) is 27.7 Å². The predicted octanol–water partition coefficient (Wildman–Crippen LogP) is 0.353. The van der Waals surface area contributed by atoms with E-state index in [9.17, 15) is 30.3 Å². The lowest BCUT2D eigenvalue weighted by atomic mass is 9.99. The second-order valence-electron chi connectivity index (χ2n) is 7.31. The molecule has 0 spiro atoms. The zero-order valence-corrected chi connectivity index (χ0v) is 16.9. The van der Waals surface area contributed by atoms with E-state index in [1.165, 1.54) is 25.5 Å². The maximum atomic E-state index is 13.0. The number of hydrogen-bond acceptors (Lipinski definition) is 10. The fourth-order valence-electron chi connectivity index (χ4n) is 3.52. The summed E-state index contributed by atoms with van der Waals surface area (Å²) in [7, 11) is 1.53. The highest BCUT2D eigenvalue weighted by atomic mass is 16.7. The normalized spacial score (nSPS) is 25.6. The smallest absolute Gasteiger partial charge is 0.229 e. The number of rotatable bonds is 5. The number of benzene rings is 2. The van der Waals surface area contributed by atoms with Gasteiger partial charge in [-0.25, -0.2) is 0 Å². The van der Waals surface area contributed by atoms with Crippen molar-refractivity contribution in [3.63, 3.8) is 0 Å². The average molecular weight is 446 g/mol. The van der Waals surface area contributed by atoms with Crippen molar-refractivity contribution in [2.24, 2.45) is 0 Å². The Morgan fingerprint density at radius 1 is 1.00 bits per heavy atom. The van der Waals surface area contributed by atoms with Crippen molar-refractivity contribution in [3.05, 3.63) is 52.9 Å². The number of methoxy groups -OCH3 is 1. The molecule has 0 bridgehead atoms. The van der Waals surface area contributed by atoms with Crippen LogP contribution in [0.2, 0.25) is 0 Å². The summed E-state index contributed by atoms with van der Waals surface area (Å²) in [5.74, 6) is -0.0772. The number of aliphatic hydroxyl groups excluding tert-OH is 4. The first-order chi connectivity index (χ1) is 15.3. The zero-order chi connectivity index (χ0) is 23.0. The highest BCUT2D eigenvalue weighted by molar-refractivity contribution is 5.87. The third kappa shape index (κ3) is 3.78. The number of phenolic OH excluding ortho intramolecular Hbond substituents is 1. The summed E-state index contributed by atoms with van der Waals surface area (Å²) in [6.07, 6.45) is -6.31. The molecule has 1 aromatic heterocycles. The average Bonchev–Trinajstić information content (AvgIpc) is 2.81. The van der Waals surface area contributed by atoms with Crippen LogP contribution in [0.4, 0.5) is 0 Å². The molecule has 4 rings (SSSR count). The van der Waals surface area contributed by atoms with Crippen molar-refractivity contribution in [2.45, 2.75) is 30.7 Å². The summed E-state index contributed by atoms with van der Waals surface area (Å²) in [6, 6.07) is 9.48. The van der Waals surface area contributed by atoms with Gasteiger partial charge in [0.25, 0.3) is 0 Å². The molecule has 170 valence electrons. The number of fused-ring (bicyclic) bond motifs is 1. The van der Waals surface area contributed by atoms with E-state index < -0.39 is 43.1 Å². The Kier molecular flexibility index (Phi) is 6.04. The predicted molar refractivity (Wildman–Crippen MR) is 111 cm³/mol. The number of hydrogen-bond donors (Lipinski definition) is 5. The first kappa shape index (κ1) is 22.1. The fourth-order valence-corrected chi connectivity index (χ4v) is 3.52. The number of phenols is 1. The van der Waals surface area contributed by atoms with Crippen LogP contribution in [0.3, 0.4) is 0 Å². The molecular formula is C22H22O10. The molecule has 3 aromatic rings. The maximum absolute atomic E-state index is 13.0. The molecule has 5 N–H and O–H groups in total. The van der Waals surface area contributed by atoms with Crippen molar-refractivity contribution < 1.29 is 44.2 Å². The minimum absolute atomic E-state index is 0.0944. The fraction of sp³-hybridized carbons (Fsp3) is 0.318. The van der Waals surface area contributed by atoms with Crippen molar-refractivity contribution >= 4 is 11.0 Å².